The quantitative estimate of drug-likeness (QED) is 0.887. The highest BCUT2D eigenvalue weighted by Crippen LogP contribution is 2.26. The first kappa shape index (κ1) is 15.9. The standard InChI is InChI=1S/C16H19BrN2O2S/c1-19(15-6-8-18-9-7-15)22(20,21)16-5-3-12-10-14(17)4-2-13(12)11-16/h2-5,10-11,15,18H,6-9H2,1H3. The Balaban J connectivity index is 1.95. The summed E-state index contributed by atoms with van der Waals surface area (Å²) in [5, 5.41) is 5.22. The van der Waals surface area contributed by atoms with Crippen LogP contribution in [0, 0.1) is 0 Å². The highest BCUT2D eigenvalue weighted by Gasteiger charge is 2.29. The van der Waals surface area contributed by atoms with Crippen molar-refractivity contribution in [2.75, 3.05) is 20.1 Å². The second-order valence-electron chi connectivity index (χ2n) is 5.66. The Morgan fingerprint density at radius 3 is 2.45 bits per heavy atom. The molecule has 0 aliphatic carbocycles. The van der Waals surface area contributed by atoms with E-state index in [9.17, 15) is 8.42 Å². The zero-order chi connectivity index (χ0) is 15.7. The number of hydrogen-bond acceptors (Lipinski definition) is 3. The number of benzene rings is 2. The predicted molar refractivity (Wildman–Crippen MR) is 92.5 cm³/mol. The van der Waals surface area contributed by atoms with Crippen LogP contribution in [0.1, 0.15) is 12.8 Å². The molecule has 1 heterocycles. The van der Waals surface area contributed by atoms with Crippen molar-refractivity contribution >= 4 is 36.7 Å². The number of nitrogens with zero attached hydrogens (tertiary/aromatic N) is 1. The second kappa shape index (κ2) is 6.28. The molecule has 1 N–H and O–H groups in total. The molecule has 0 saturated carbocycles. The number of fused-ring (bicyclic) bond motifs is 1. The van der Waals surface area contributed by atoms with Crippen LogP contribution in [0.25, 0.3) is 10.8 Å². The third kappa shape index (κ3) is 3.06. The van der Waals surface area contributed by atoms with Crippen molar-refractivity contribution in [3.8, 4) is 0 Å². The van der Waals surface area contributed by atoms with E-state index in [-0.39, 0.29) is 6.04 Å². The maximum atomic E-state index is 12.8. The van der Waals surface area contributed by atoms with E-state index in [1.807, 2.05) is 24.3 Å². The van der Waals surface area contributed by atoms with Crippen LogP contribution >= 0.6 is 15.9 Å². The fraction of sp³-hybridized carbons (Fsp3) is 0.375. The molecule has 2 aromatic carbocycles. The van der Waals surface area contributed by atoms with Gasteiger partial charge in [-0.15, -0.1) is 0 Å². The molecule has 4 nitrogen and oxygen atoms in total. The van der Waals surface area contributed by atoms with Gasteiger partial charge < -0.3 is 5.32 Å². The first-order valence-electron chi connectivity index (χ1n) is 7.36. The van der Waals surface area contributed by atoms with Gasteiger partial charge in [-0.3, -0.25) is 0 Å². The lowest BCUT2D eigenvalue weighted by Crippen LogP contribution is -2.43. The largest absolute Gasteiger partial charge is 0.317 e. The smallest absolute Gasteiger partial charge is 0.243 e. The lowest BCUT2D eigenvalue weighted by Gasteiger charge is -2.30. The van der Waals surface area contributed by atoms with E-state index in [0.29, 0.717) is 4.90 Å². The normalized spacial score (nSPS) is 17.2. The molecule has 0 atom stereocenters. The number of piperidine rings is 1. The van der Waals surface area contributed by atoms with Crippen molar-refractivity contribution in [3.63, 3.8) is 0 Å². The predicted octanol–water partition coefficient (Wildman–Crippen LogP) is 2.97. The van der Waals surface area contributed by atoms with E-state index in [0.717, 1.165) is 41.2 Å². The number of halogens is 1. The van der Waals surface area contributed by atoms with Gasteiger partial charge in [-0.1, -0.05) is 28.1 Å². The van der Waals surface area contributed by atoms with Gasteiger partial charge >= 0.3 is 0 Å². The minimum Gasteiger partial charge on any atom is -0.317 e. The molecule has 2 aromatic rings. The average molecular weight is 383 g/mol. The van der Waals surface area contributed by atoms with Gasteiger partial charge in [0.2, 0.25) is 10.0 Å². The summed E-state index contributed by atoms with van der Waals surface area (Å²) < 4.78 is 28.2. The molecule has 1 fully saturated rings. The summed E-state index contributed by atoms with van der Waals surface area (Å²) in [7, 11) is -1.75. The van der Waals surface area contributed by atoms with Gasteiger partial charge in [0, 0.05) is 17.6 Å². The molecular weight excluding hydrogens is 364 g/mol. The van der Waals surface area contributed by atoms with Crippen LogP contribution < -0.4 is 5.32 Å². The van der Waals surface area contributed by atoms with Crippen molar-refractivity contribution in [3.05, 3.63) is 40.9 Å². The third-order valence-corrected chi connectivity index (χ3v) is 6.67. The van der Waals surface area contributed by atoms with E-state index in [4.69, 9.17) is 0 Å². The molecule has 0 bridgehead atoms. The van der Waals surface area contributed by atoms with Crippen molar-refractivity contribution < 1.29 is 8.42 Å². The Morgan fingerprint density at radius 2 is 1.73 bits per heavy atom. The molecule has 118 valence electrons. The summed E-state index contributed by atoms with van der Waals surface area (Å²) in [5.74, 6) is 0. The summed E-state index contributed by atoms with van der Waals surface area (Å²) in [4.78, 5) is 0.364. The van der Waals surface area contributed by atoms with Gasteiger partial charge in [0.1, 0.15) is 0 Å². The van der Waals surface area contributed by atoms with E-state index >= 15 is 0 Å². The lowest BCUT2D eigenvalue weighted by atomic mass is 10.1. The van der Waals surface area contributed by atoms with Crippen molar-refractivity contribution in [1.82, 2.24) is 9.62 Å². The number of sulfonamides is 1. The Bertz CT molecular complexity index is 786. The average Bonchev–Trinajstić information content (AvgIpc) is 2.54. The summed E-state index contributed by atoms with van der Waals surface area (Å²) in [6.45, 7) is 1.74. The minimum atomic E-state index is -3.45. The van der Waals surface area contributed by atoms with Crippen LogP contribution in [0.2, 0.25) is 0 Å². The zero-order valence-electron chi connectivity index (χ0n) is 12.4. The van der Waals surface area contributed by atoms with Crippen LogP contribution in [0.5, 0.6) is 0 Å². The van der Waals surface area contributed by atoms with Crippen molar-refractivity contribution in [2.45, 2.75) is 23.8 Å². The first-order valence-corrected chi connectivity index (χ1v) is 9.60. The molecule has 0 unspecified atom stereocenters. The lowest BCUT2D eigenvalue weighted by molar-refractivity contribution is 0.296. The molecule has 3 rings (SSSR count). The molecule has 0 amide bonds. The minimum absolute atomic E-state index is 0.0758. The van der Waals surface area contributed by atoms with Crippen molar-refractivity contribution in [1.29, 1.82) is 0 Å². The van der Waals surface area contributed by atoms with Gasteiger partial charge in [0.25, 0.3) is 0 Å². The van der Waals surface area contributed by atoms with Gasteiger partial charge in [0.15, 0.2) is 0 Å². The molecule has 0 spiro atoms. The Labute approximate surface area is 139 Å². The van der Waals surface area contributed by atoms with Crippen LogP contribution in [0.4, 0.5) is 0 Å². The topological polar surface area (TPSA) is 49.4 Å². The fourth-order valence-electron chi connectivity index (χ4n) is 2.89. The molecular formula is C16H19BrN2O2S. The zero-order valence-corrected chi connectivity index (χ0v) is 14.8. The molecule has 1 aliphatic rings. The molecule has 0 aromatic heterocycles. The van der Waals surface area contributed by atoms with E-state index in [1.165, 1.54) is 4.31 Å². The Kier molecular flexibility index (Phi) is 4.54. The number of hydrogen-bond donors (Lipinski definition) is 1. The van der Waals surface area contributed by atoms with Crippen LogP contribution in [-0.4, -0.2) is 38.9 Å². The summed E-state index contributed by atoms with van der Waals surface area (Å²) in [6.07, 6.45) is 1.71. The van der Waals surface area contributed by atoms with E-state index in [2.05, 4.69) is 21.2 Å². The van der Waals surface area contributed by atoms with Gasteiger partial charge in [-0.25, -0.2) is 8.42 Å². The maximum Gasteiger partial charge on any atom is 0.243 e. The first-order chi connectivity index (χ1) is 10.5. The molecule has 0 radical (unpaired) electrons. The van der Waals surface area contributed by atoms with E-state index in [1.54, 1.807) is 19.2 Å². The van der Waals surface area contributed by atoms with Crippen molar-refractivity contribution in [2.24, 2.45) is 0 Å². The van der Waals surface area contributed by atoms with E-state index < -0.39 is 10.0 Å². The number of rotatable bonds is 3. The van der Waals surface area contributed by atoms with Crippen LogP contribution in [-0.2, 0) is 10.0 Å². The SMILES string of the molecule is CN(C1CCNCC1)S(=O)(=O)c1ccc2cc(Br)ccc2c1. The fourth-order valence-corrected chi connectivity index (χ4v) is 4.72. The Hall–Kier alpha value is -0.950. The van der Waals surface area contributed by atoms with Crippen LogP contribution in [0.15, 0.2) is 45.8 Å². The highest BCUT2D eigenvalue weighted by molar-refractivity contribution is 9.10. The second-order valence-corrected chi connectivity index (χ2v) is 8.57. The van der Waals surface area contributed by atoms with Gasteiger partial charge in [0.05, 0.1) is 4.90 Å². The summed E-state index contributed by atoms with van der Waals surface area (Å²) in [5.41, 5.74) is 0. The third-order valence-electron chi connectivity index (χ3n) is 4.27. The number of nitrogens with one attached hydrogen (secondary N) is 1. The molecule has 1 saturated heterocycles. The van der Waals surface area contributed by atoms with Gasteiger partial charge in [-0.05, 0) is 61.0 Å². The summed E-state index contributed by atoms with van der Waals surface area (Å²) >= 11 is 3.43. The molecule has 6 heteroatoms. The summed E-state index contributed by atoms with van der Waals surface area (Å²) in [6, 6.07) is 11.2. The highest BCUT2D eigenvalue weighted by atomic mass is 79.9. The van der Waals surface area contributed by atoms with Crippen LogP contribution in [0.3, 0.4) is 0 Å². The Morgan fingerprint density at radius 1 is 1.09 bits per heavy atom. The molecule has 1 aliphatic heterocycles. The van der Waals surface area contributed by atoms with Gasteiger partial charge in [-0.2, -0.15) is 4.31 Å². The molecule has 22 heavy (non-hydrogen) atoms. The maximum absolute atomic E-state index is 12.8. The monoisotopic (exact) mass is 382 g/mol.